The minimum Gasteiger partial charge on any atom is -0.496 e. The molecule has 0 radical (unpaired) electrons. The second-order valence-electron chi connectivity index (χ2n) is 7.41. The van der Waals surface area contributed by atoms with E-state index in [1.54, 1.807) is 37.5 Å². The number of thioether (sulfide) groups is 1. The number of aryl methyl sites for hydroxylation is 1. The number of fused-ring (bicyclic) bond motifs is 1. The highest BCUT2D eigenvalue weighted by Crippen LogP contribution is 2.40. The SMILES string of the molecule is COc1ccc(/C=C2\Sc3ccc(S(=O)(=O)Cc4c(Cl)cccc4Cl)cc3NC2=O)cc1C. The van der Waals surface area contributed by atoms with Gasteiger partial charge in [0, 0.05) is 20.5 Å². The Morgan fingerprint density at radius 3 is 2.45 bits per heavy atom. The van der Waals surface area contributed by atoms with Gasteiger partial charge >= 0.3 is 0 Å². The average Bonchev–Trinajstić information content (AvgIpc) is 2.77. The van der Waals surface area contributed by atoms with Crippen LogP contribution in [0.25, 0.3) is 6.08 Å². The van der Waals surface area contributed by atoms with Crippen LogP contribution in [0, 0.1) is 6.92 Å². The van der Waals surface area contributed by atoms with Gasteiger partial charge in [0.15, 0.2) is 9.84 Å². The maximum absolute atomic E-state index is 13.0. The molecule has 1 aliphatic rings. The molecular weight excluding hydrogens is 501 g/mol. The fraction of sp³-hybridized carbons (Fsp3) is 0.125. The molecule has 1 aliphatic heterocycles. The second-order valence-corrected chi connectivity index (χ2v) is 11.3. The van der Waals surface area contributed by atoms with Crippen molar-refractivity contribution in [3.8, 4) is 5.75 Å². The van der Waals surface area contributed by atoms with Crippen LogP contribution in [0.1, 0.15) is 16.7 Å². The van der Waals surface area contributed by atoms with E-state index in [2.05, 4.69) is 5.32 Å². The lowest BCUT2D eigenvalue weighted by molar-refractivity contribution is -0.112. The summed E-state index contributed by atoms with van der Waals surface area (Å²) >= 11 is 13.6. The highest BCUT2D eigenvalue weighted by molar-refractivity contribution is 8.04. The summed E-state index contributed by atoms with van der Waals surface area (Å²) in [6.45, 7) is 1.93. The Hall–Kier alpha value is -2.45. The molecule has 3 aromatic carbocycles. The largest absolute Gasteiger partial charge is 0.496 e. The number of methoxy groups -OCH3 is 1. The number of carbonyl (C=O) groups is 1. The number of nitrogens with one attached hydrogen (secondary N) is 1. The monoisotopic (exact) mass is 519 g/mol. The van der Waals surface area contributed by atoms with Crippen molar-refractivity contribution in [1.82, 2.24) is 0 Å². The van der Waals surface area contributed by atoms with Gasteiger partial charge in [-0.05, 0) is 66.6 Å². The molecule has 9 heteroatoms. The van der Waals surface area contributed by atoms with Crippen LogP contribution in [0.4, 0.5) is 5.69 Å². The quantitative estimate of drug-likeness (QED) is 0.396. The van der Waals surface area contributed by atoms with Gasteiger partial charge in [0.05, 0.1) is 28.4 Å². The fourth-order valence-electron chi connectivity index (χ4n) is 3.42. The molecule has 0 saturated heterocycles. The van der Waals surface area contributed by atoms with Crippen LogP contribution < -0.4 is 10.1 Å². The molecule has 0 atom stereocenters. The van der Waals surface area contributed by atoms with E-state index < -0.39 is 9.84 Å². The number of benzene rings is 3. The predicted molar refractivity (Wildman–Crippen MR) is 134 cm³/mol. The number of sulfone groups is 1. The van der Waals surface area contributed by atoms with Gasteiger partial charge in [0.1, 0.15) is 5.75 Å². The molecule has 0 fully saturated rings. The number of halogens is 2. The lowest BCUT2D eigenvalue weighted by Gasteiger charge is -2.20. The Balaban J connectivity index is 1.61. The smallest absolute Gasteiger partial charge is 0.262 e. The summed E-state index contributed by atoms with van der Waals surface area (Å²) in [5, 5.41) is 3.37. The molecule has 0 aliphatic carbocycles. The molecule has 0 aromatic heterocycles. The van der Waals surface area contributed by atoms with Gasteiger partial charge < -0.3 is 10.1 Å². The molecule has 3 aromatic rings. The first-order valence-corrected chi connectivity index (χ1v) is 13.1. The molecule has 0 bridgehead atoms. The number of anilines is 1. The van der Waals surface area contributed by atoms with Crippen molar-refractivity contribution < 1.29 is 17.9 Å². The van der Waals surface area contributed by atoms with E-state index in [9.17, 15) is 13.2 Å². The van der Waals surface area contributed by atoms with E-state index in [1.165, 1.54) is 23.9 Å². The predicted octanol–water partition coefficient (Wildman–Crippen LogP) is 6.37. The highest BCUT2D eigenvalue weighted by Gasteiger charge is 2.25. The van der Waals surface area contributed by atoms with Crippen molar-refractivity contribution in [2.24, 2.45) is 0 Å². The number of ether oxygens (including phenoxy) is 1. The first-order valence-electron chi connectivity index (χ1n) is 9.83. The number of rotatable bonds is 5. The van der Waals surface area contributed by atoms with Gasteiger partial charge in [-0.2, -0.15) is 0 Å². The summed E-state index contributed by atoms with van der Waals surface area (Å²) in [7, 11) is -2.13. The van der Waals surface area contributed by atoms with Crippen LogP contribution in [0.3, 0.4) is 0 Å². The number of carbonyl (C=O) groups excluding carboxylic acids is 1. The normalized spacial score (nSPS) is 14.7. The maximum atomic E-state index is 13.0. The van der Waals surface area contributed by atoms with Gasteiger partial charge in [-0.25, -0.2) is 8.42 Å². The second kappa shape index (κ2) is 9.43. The van der Waals surface area contributed by atoms with Crippen LogP contribution in [0.5, 0.6) is 5.75 Å². The van der Waals surface area contributed by atoms with Crippen LogP contribution in [0.15, 0.2) is 69.3 Å². The summed E-state index contributed by atoms with van der Waals surface area (Å²) in [4.78, 5) is 14.0. The summed E-state index contributed by atoms with van der Waals surface area (Å²) in [5.74, 6) is 0.132. The topological polar surface area (TPSA) is 72.5 Å². The Morgan fingerprint density at radius 1 is 1.06 bits per heavy atom. The zero-order chi connectivity index (χ0) is 23.8. The third kappa shape index (κ3) is 5.06. The van der Waals surface area contributed by atoms with Crippen molar-refractivity contribution in [1.29, 1.82) is 0 Å². The molecule has 0 spiro atoms. The Bertz CT molecular complexity index is 1380. The minimum atomic E-state index is -3.74. The molecule has 170 valence electrons. The van der Waals surface area contributed by atoms with Gasteiger partial charge in [-0.1, -0.05) is 47.1 Å². The summed E-state index contributed by atoms with van der Waals surface area (Å²) in [6.07, 6.45) is 1.79. The summed E-state index contributed by atoms with van der Waals surface area (Å²) < 4.78 is 31.3. The molecule has 4 rings (SSSR count). The standard InChI is InChI=1S/C24H19Cl2NO4S2/c1-14-10-15(6-8-21(14)31-2)11-23-24(28)27-20-12-16(7-9-22(20)32-23)33(29,30)13-17-18(25)4-3-5-19(17)26/h3-12H,13H2,1-2H3,(H,27,28)/b23-11-. The minimum absolute atomic E-state index is 0.0799. The zero-order valence-electron chi connectivity index (χ0n) is 17.7. The van der Waals surface area contributed by atoms with E-state index in [4.69, 9.17) is 27.9 Å². The van der Waals surface area contributed by atoms with Crippen molar-refractivity contribution in [2.75, 3.05) is 12.4 Å². The van der Waals surface area contributed by atoms with E-state index in [0.717, 1.165) is 21.8 Å². The molecule has 33 heavy (non-hydrogen) atoms. The van der Waals surface area contributed by atoms with Crippen molar-refractivity contribution >= 4 is 62.5 Å². The average molecular weight is 520 g/mol. The van der Waals surface area contributed by atoms with Crippen molar-refractivity contribution in [3.05, 3.63) is 86.2 Å². The van der Waals surface area contributed by atoms with Crippen LogP contribution >= 0.6 is 35.0 Å². The molecular formula is C24H19Cl2NO4S2. The molecule has 1 amide bonds. The van der Waals surface area contributed by atoms with E-state index in [-0.39, 0.29) is 26.6 Å². The number of amides is 1. The number of hydrogen-bond acceptors (Lipinski definition) is 5. The number of hydrogen-bond donors (Lipinski definition) is 1. The molecule has 0 unspecified atom stereocenters. The van der Waals surface area contributed by atoms with Crippen molar-refractivity contribution in [3.63, 3.8) is 0 Å². The lowest BCUT2D eigenvalue weighted by atomic mass is 10.1. The maximum Gasteiger partial charge on any atom is 0.262 e. The van der Waals surface area contributed by atoms with Gasteiger partial charge in [-0.15, -0.1) is 0 Å². The molecule has 1 N–H and O–H groups in total. The van der Waals surface area contributed by atoms with Crippen molar-refractivity contribution in [2.45, 2.75) is 22.5 Å². The fourth-order valence-corrected chi connectivity index (χ4v) is 6.47. The first kappa shape index (κ1) is 23.7. The first-order chi connectivity index (χ1) is 15.7. The van der Waals surface area contributed by atoms with Crippen LogP contribution in [-0.2, 0) is 20.4 Å². The summed E-state index contributed by atoms with van der Waals surface area (Å²) in [6, 6.07) is 15.2. The lowest BCUT2D eigenvalue weighted by Crippen LogP contribution is -2.18. The molecule has 1 heterocycles. The highest BCUT2D eigenvalue weighted by atomic mass is 35.5. The van der Waals surface area contributed by atoms with Gasteiger partial charge in [0.2, 0.25) is 0 Å². The van der Waals surface area contributed by atoms with E-state index in [1.807, 2.05) is 25.1 Å². The van der Waals surface area contributed by atoms with E-state index >= 15 is 0 Å². The Morgan fingerprint density at radius 2 is 1.79 bits per heavy atom. The third-order valence-electron chi connectivity index (χ3n) is 5.11. The van der Waals surface area contributed by atoms with Gasteiger partial charge in [0.25, 0.3) is 5.91 Å². The zero-order valence-corrected chi connectivity index (χ0v) is 20.8. The third-order valence-corrected chi connectivity index (χ3v) is 8.56. The van der Waals surface area contributed by atoms with Gasteiger partial charge in [-0.3, -0.25) is 4.79 Å². The van der Waals surface area contributed by atoms with E-state index in [0.29, 0.717) is 16.2 Å². The Kier molecular flexibility index (Phi) is 6.77. The summed E-state index contributed by atoms with van der Waals surface area (Å²) in [5.41, 5.74) is 2.61. The Labute approximate surface area is 206 Å². The molecule has 0 saturated carbocycles. The molecule has 5 nitrogen and oxygen atoms in total. The van der Waals surface area contributed by atoms with Crippen LogP contribution in [-0.4, -0.2) is 21.4 Å². The van der Waals surface area contributed by atoms with Crippen LogP contribution in [0.2, 0.25) is 10.0 Å².